The van der Waals surface area contributed by atoms with E-state index in [-0.39, 0.29) is 0 Å². The quantitative estimate of drug-likeness (QED) is 0.819. The molecule has 0 aliphatic carbocycles. The molecule has 0 spiro atoms. The van der Waals surface area contributed by atoms with Gasteiger partial charge < -0.3 is 5.73 Å². The minimum atomic E-state index is 0.736. The number of benzene rings is 1. The molecule has 0 amide bonds. The van der Waals surface area contributed by atoms with Crippen LogP contribution >= 0.6 is 11.6 Å². The molecule has 2 nitrogen and oxygen atoms in total. The normalized spacial score (nSPS) is 21.5. The summed E-state index contributed by atoms with van der Waals surface area (Å²) in [5.74, 6) is 0. The van der Waals surface area contributed by atoms with E-state index in [0.29, 0.717) is 0 Å². The molecule has 88 valence electrons. The van der Waals surface area contributed by atoms with Gasteiger partial charge in [0.15, 0.2) is 0 Å². The maximum atomic E-state index is 6.01. The van der Waals surface area contributed by atoms with Gasteiger partial charge in [0.2, 0.25) is 0 Å². The van der Waals surface area contributed by atoms with Gasteiger partial charge in [-0.3, -0.25) is 4.90 Å². The van der Waals surface area contributed by atoms with Crippen LogP contribution in [0, 0.1) is 0 Å². The molecule has 1 aliphatic rings. The Morgan fingerprint density at radius 1 is 1.44 bits per heavy atom. The molecule has 2 N–H and O–H groups in total. The fraction of sp³-hybridized carbons (Fsp3) is 0.538. The van der Waals surface area contributed by atoms with Gasteiger partial charge in [-0.15, -0.1) is 0 Å². The van der Waals surface area contributed by atoms with E-state index >= 15 is 0 Å². The van der Waals surface area contributed by atoms with Crippen molar-refractivity contribution >= 4 is 17.3 Å². The fourth-order valence-corrected chi connectivity index (χ4v) is 2.83. The molecule has 1 atom stereocenters. The maximum Gasteiger partial charge on any atom is 0.0429 e. The van der Waals surface area contributed by atoms with Crippen molar-refractivity contribution in [2.75, 3.05) is 12.3 Å². The summed E-state index contributed by atoms with van der Waals surface area (Å²) in [5.41, 5.74) is 7.78. The zero-order chi connectivity index (χ0) is 11.5. The van der Waals surface area contributed by atoms with E-state index in [2.05, 4.69) is 11.8 Å². The van der Waals surface area contributed by atoms with E-state index in [9.17, 15) is 0 Å². The molecule has 1 unspecified atom stereocenters. The van der Waals surface area contributed by atoms with E-state index in [1.807, 2.05) is 12.1 Å². The van der Waals surface area contributed by atoms with Crippen molar-refractivity contribution < 1.29 is 0 Å². The minimum Gasteiger partial charge on any atom is -0.399 e. The molecular weight excluding hydrogens is 220 g/mol. The van der Waals surface area contributed by atoms with E-state index < -0.39 is 0 Å². The zero-order valence-electron chi connectivity index (χ0n) is 9.75. The van der Waals surface area contributed by atoms with Crippen LogP contribution in [0.15, 0.2) is 18.2 Å². The standard InChI is InChI=1S/C13H19ClN2/c1-2-13-4-3-5-16(13)9-10-6-11(14)8-12(15)7-10/h6-8,13H,2-5,9,15H2,1H3. The summed E-state index contributed by atoms with van der Waals surface area (Å²) in [7, 11) is 0. The van der Waals surface area contributed by atoms with Crippen molar-refractivity contribution in [2.24, 2.45) is 0 Å². The highest BCUT2D eigenvalue weighted by atomic mass is 35.5. The third-order valence-electron chi connectivity index (χ3n) is 3.34. The summed E-state index contributed by atoms with van der Waals surface area (Å²) in [6.45, 7) is 4.43. The first kappa shape index (κ1) is 11.7. The molecule has 1 fully saturated rings. The monoisotopic (exact) mass is 238 g/mol. The van der Waals surface area contributed by atoms with Gasteiger partial charge in [0, 0.05) is 23.3 Å². The summed E-state index contributed by atoms with van der Waals surface area (Å²) in [5, 5.41) is 0.738. The van der Waals surface area contributed by atoms with Crippen molar-refractivity contribution in [1.29, 1.82) is 0 Å². The first-order valence-corrected chi connectivity index (χ1v) is 6.36. The predicted octanol–water partition coefficient (Wildman–Crippen LogP) is 3.30. The summed E-state index contributed by atoms with van der Waals surface area (Å²) in [4.78, 5) is 2.53. The third kappa shape index (κ3) is 2.69. The van der Waals surface area contributed by atoms with Crippen LogP contribution in [0.2, 0.25) is 5.02 Å². The van der Waals surface area contributed by atoms with Crippen molar-refractivity contribution in [3.8, 4) is 0 Å². The van der Waals surface area contributed by atoms with Gasteiger partial charge in [0.1, 0.15) is 0 Å². The van der Waals surface area contributed by atoms with Gasteiger partial charge in [-0.25, -0.2) is 0 Å². The summed E-state index contributed by atoms with van der Waals surface area (Å²) in [6.07, 6.45) is 3.87. The van der Waals surface area contributed by atoms with E-state index in [1.165, 1.54) is 31.4 Å². The van der Waals surface area contributed by atoms with Crippen LogP contribution in [0.5, 0.6) is 0 Å². The Labute approximate surface area is 102 Å². The number of nitrogens with two attached hydrogens (primary N) is 1. The molecule has 3 heteroatoms. The number of rotatable bonds is 3. The van der Waals surface area contributed by atoms with Crippen molar-refractivity contribution in [1.82, 2.24) is 4.90 Å². The second kappa shape index (κ2) is 5.07. The van der Waals surface area contributed by atoms with E-state index in [1.54, 1.807) is 6.07 Å². The molecule has 0 aromatic heterocycles. The summed E-state index contributed by atoms with van der Waals surface area (Å²) >= 11 is 6.01. The highest BCUT2D eigenvalue weighted by Crippen LogP contribution is 2.24. The van der Waals surface area contributed by atoms with E-state index in [4.69, 9.17) is 17.3 Å². The average Bonchev–Trinajstić information content (AvgIpc) is 2.63. The van der Waals surface area contributed by atoms with Crippen LogP contribution in [0.3, 0.4) is 0 Å². The Morgan fingerprint density at radius 3 is 2.94 bits per heavy atom. The Hall–Kier alpha value is -0.730. The maximum absolute atomic E-state index is 6.01. The van der Waals surface area contributed by atoms with Crippen LogP contribution in [0.4, 0.5) is 5.69 Å². The molecule has 16 heavy (non-hydrogen) atoms. The average molecular weight is 239 g/mol. The topological polar surface area (TPSA) is 29.3 Å². The number of nitrogen functional groups attached to an aromatic ring is 1. The summed E-state index contributed by atoms with van der Waals surface area (Å²) < 4.78 is 0. The van der Waals surface area contributed by atoms with Crippen molar-refractivity contribution in [2.45, 2.75) is 38.8 Å². The van der Waals surface area contributed by atoms with Crippen LogP contribution in [-0.4, -0.2) is 17.5 Å². The number of likely N-dealkylation sites (tertiary alicyclic amines) is 1. The van der Waals surface area contributed by atoms with Gasteiger partial charge in [-0.1, -0.05) is 18.5 Å². The predicted molar refractivity (Wildman–Crippen MR) is 69.6 cm³/mol. The van der Waals surface area contributed by atoms with Gasteiger partial charge in [-0.2, -0.15) is 0 Å². The minimum absolute atomic E-state index is 0.736. The lowest BCUT2D eigenvalue weighted by Gasteiger charge is -2.23. The van der Waals surface area contributed by atoms with Crippen LogP contribution in [0.25, 0.3) is 0 Å². The number of anilines is 1. The van der Waals surface area contributed by atoms with Gasteiger partial charge >= 0.3 is 0 Å². The van der Waals surface area contributed by atoms with Crippen LogP contribution in [-0.2, 0) is 6.54 Å². The van der Waals surface area contributed by atoms with Gasteiger partial charge in [-0.05, 0) is 49.6 Å². The van der Waals surface area contributed by atoms with Gasteiger partial charge in [0.25, 0.3) is 0 Å². The zero-order valence-corrected chi connectivity index (χ0v) is 10.5. The molecule has 0 saturated carbocycles. The SMILES string of the molecule is CCC1CCCN1Cc1cc(N)cc(Cl)c1. The Morgan fingerprint density at radius 2 is 2.25 bits per heavy atom. The molecular formula is C13H19ClN2. The lowest BCUT2D eigenvalue weighted by molar-refractivity contribution is 0.240. The molecule has 1 saturated heterocycles. The Kier molecular flexibility index (Phi) is 3.72. The Balaban J connectivity index is 2.08. The second-order valence-corrected chi connectivity index (χ2v) is 5.00. The first-order chi connectivity index (χ1) is 7.69. The fourth-order valence-electron chi connectivity index (χ4n) is 2.57. The summed E-state index contributed by atoms with van der Waals surface area (Å²) in [6, 6.07) is 6.58. The third-order valence-corrected chi connectivity index (χ3v) is 3.55. The first-order valence-electron chi connectivity index (χ1n) is 5.98. The van der Waals surface area contributed by atoms with Crippen molar-refractivity contribution in [3.05, 3.63) is 28.8 Å². The number of hydrogen-bond donors (Lipinski definition) is 1. The highest BCUT2D eigenvalue weighted by Gasteiger charge is 2.22. The second-order valence-electron chi connectivity index (χ2n) is 4.57. The van der Waals surface area contributed by atoms with Crippen LogP contribution in [0.1, 0.15) is 31.7 Å². The largest absolute Gasteiger partial charge is 0.399 e. The smallest absolute Gasteiger partial charge is 0.0429 e. The Bertz CT molecular complexity index is 345. The molecule has 0 radical (unpaired) electrons. The van der Waals surface area contributed by atoms with Crippen LogP contribution < -0.4 is 5.73 Å². The highest BCUT2D eigenvalue weighted by molar-refractivity contribution is 6.30. The van der Waals surface area contributed by atoms with E-state index in [0.717, 1.165) is 23.3 Å². The molecule has 2 rings (SSSR count). The molecule has 1 aromatic carbocycles. The number of hydrogen-bond acceptors (Lipinski definition) is 2. The molecule has 1 heterocycles. The number of halogens is 1. The molecule has 0 bridgehead atoms. The number of nitrogens with zero attached hydrogens (tertiary/aromatic N) is 1. The lowest BCUT2D eigenvalue weighted by Crippen LogP contribution is -2.28. The lowest BCUT2D eigenvalue weighted by atomic mass is 10.1. The van der Waals surface area contributed by atoms with Gasteiger partial charge in [0.05, 0.1) is 0 Å². The van der Waals surface area contributed by atoms with Crippen molar-refractivity contribution in [3.63, 3.8) is 0 Å². The molecule has 1 aliphatic heterocycles. The molecule has 1 aromatic rings.